The third kappa shape index (κ3) is 6.64. The molecule has 4 aromatic carbocycles. The molecule has 2 N–H and O–H groups in total. The average Bonchev–Trinajstić information content (AvgIpc) is 2.90. The van der Waals surface area contributed by atoms with Gasteiger partial charge in [0.15, 0.2) is 0 Å². The fourth-order valence-corrected chi connectivity index (χ4v) is 6.74. The molecule has 0 bridgehead atoms. The van der Waals surface area contributed by atoms with E-state index in [1.54, 1.807) is 37.3 Å². The zero-order valence-electron chi connectivity index (χ0n) is 22.1. The largest absolute Gasteiger partial charge is 0.325 e. The highest BCUT2D eigenvalue weighted by atomic mass is 35.5. The van der Waals surface area contributed by atoms with Crippen molar-refractivity contribution in [3.63, 3.8) is 0 Å². The van der Waals surface area contributed by atoms with Gasteiger partial charge in [-0.2, -0.15) is 0 Å². The summed E-state index contributed by atoms with van der Waals surface area (Å²) >= 11 is 6.32. The minimum Gasteiger partial charge on any atom is -0.325 e. The van der Waals surface area contributed by atoms with E-state index in [1.165, 1.54) is 48.5 Å². The molecule has 0 aliphatic heterocycles. The summed E-state index contributed by atoms with van der Waals surface area (Å²) in [6.45, 7) is 4.95. The second kappa shape index (κ2) is 11.7. The Morgan fingerprint density at radius 3 is 2.02 bits per heavy atom. The maximum Gasteiger partial charge on any atom is 0.264 e. The van der Waals surface area contributed by atoms with Crippen LogP contribution in [0.5, 0.6) is 0 Å². The number of para-hydroxylation sites is 1. The lowest BCUT2D eigenvalue weighted by Gasteiger charge is -2.25. The van der Waals surface area contributed by atoms with E-state index in [0.29, 0.717) is 11.4 Å². The Balaban J connectivity index is 1.54. The molecule has 0 unspecified atom stereocenters. The van der Waals surface area contributed by atoms with Crippen LogP contribution in [0.2, 0.25) is 5.02 Å². The molecular formula is C29H28ClN3O5S2. The summed E-state index contributed by atoms with van der Waals surface area (Å²) in [6.07, 6.45) is 0. The molecule has 0 atom stereocenters. The zero-order valence-corrected chi connectivity index (χ0v) is 24.4. The third-order valence-electron chi connectivity index (χ3n) is 6.10. The third-order valence-corrected chi connectivity index (χ3v) is 9.58. The summed E-state index contributed by atoms with van der Waals surface area (Å²) in [4.78, 5) is 13.1. The number of anilines is 3. The highest BCUT2D eigenvalue weighted by molar-refractivity contribution is 7.93. The van der Waals surface area contributed by atoms with Gasteiger partial charge in [-0.05, 0) is 86.5 Å². The number of benzene rings is 4. The first-order chi connectivity index (χ1) is 18.9. The van der Waals surface area contributed by atoms with Gasteiger partial charge in [-0.15, -0.1) is 0 Å². The van der Waals surface area contributed by atoms with Crippen molar-refractivity contribution in [2.45, 2.75) is 30.6 Å². The van der Waals surface area contributed by atoms with Crippen LogP contribution in [0, 0.1) is 20.8 Å². The fourth-order valence-electron chi connectivity index (χ4n) is 3.89. The van der Waals surface area contributed by atoms with Gasteiger partial charge in [-0.3, -0.25) is 13.8 Å². The number of carbonyl (C=O) groups excluding carboxylic acids is 1. The molecule has 4 aromatic rings. The van der Waals surface area contributed by atoms with Crippen molar-refractivity contribution in [1.82, 2.24) is 0 Å². The van der Waals surface area contributed by atoms with Crippen LogP contribution in [-0.2, 0) is 24.8 Å². The number of nitrogens with one attached hydrogen (secondary N) is 2. The summed E-state index contributed by atoms with van der Waals surface area (Å²) in [5.74, 6) is -0.639. The van der Waals surface area contributed by atoms with Gasteiger partial charge >= 0.3 is 0 Å². The SMILES string of the molecule is Cc1ccc(S(=O)(=O)N(CC(=O)Nc2ccc(S(=O)(=O)Nc3cc(C)ccc3C)cc2)c2ccccc2Cl)cc1. The van der Waals surface area contributed by atoms with Gasteiger partial charge in [0.1, 0.15) is 6.54 Å². The standard InChI is InChI=1S/C29H28ClN3O5S2/c1-20-9-14-25(15-10-20)40(37,38)33(28-7-5-4-6-26(28)30)19-29(34)31-23-12-16-24(17-13-23)39(35,36)32-27-18-21(2)8-11-22(27)3/h4-18,32H,19H2,1-3H3,(H,31,34). The highest BCUT2D eigenvalue weighted by Crippen LogP contribution is 2.30. The second-order valence-corrected chi connectivity index (χ2v) is 13.2. The second-order valence-electron chi connectivity index (χ2n) is 9.27. The lowest BCUT2D eigenvalue weighted by Crippen LogP contribution is -2.38. The van der Waals surface area contributed by atoms with Crippen LogP contribution in [-0.4, -0.2) is 29.3 Å². The molecule has 0 heterocycles. The molecule has 40 heavy (non-hydrogen) atoms. The van der Waals surface area contributed by atoms with Gasteiger partial charge in [0.25, 0.3) is 20.0 Å². The number of hydrogen-bond acceptors (Lipinski definition) is 5. The molecule has 0 aliphatic rings. The number of hydrogen-bond donors (Lipinski definition) is 2. The normalized spacial score (nSPS) is 11.6. The van der Waals surface area contributed by atoms with Crippen molar-refractivity contribution in [3.8, 4) is 0 Å². The van der Waals surface area contributed by atoms with Crippen LogP contribution in [0.3, 0.4) is 0 Å². The molecular weight excluding hydrogens is 570 g/mol. The smallest absolute Gasteiger partial charge is 0.264 e. The summed E-state index contributed by atoms with van der Waals surface area (Å²) in [5.41, 5.74) is 3.50. The summed E-state index contributed by atoms with van der Waals surface area (Å²) < 4.78 is 56.5. The molecule has 8 nitrogen and oxygen atoms in total. The lowest BCUT2D eigenvalue weighted by molar-refractivity contribution is -0.114. The van der Waals surface area contributed by atoms with E-state index in [1.807, 2.05) is 26.0 Å². The summed E-state index contributed by atoms with van der Waals surface area (Å²) in [7, 11) is -8.02. The highest BCUT2D eigenvalue weighted by Gasteiger charge is 2.28. The molecule has 1 amide bonds. The van der Waals surface area contributed by atoms with E-state index in [4.69, 9.17) is 11.6 Å². The van der Waals surface area contributed by atoms with Gasteiger partial charge in [0.05, 0.1) is 26.2 Å². The number of aryl methyl sites for hydroxylation is 3. The minimum atomic E-state index is -4.14. The van der Waals surface area contributed by atoms with Crippen LogP contribution in [0.25, 0.3) is 0 Å². The number of amides is 1. The van der Waals surface area contributed by atoms with Crippen molar-refractivity contribution < 1.29 is 21.6 Å². The summed E-state index contributed by atoms with van der Waals surface area (Å²) in [6, 6.07) is 23.7. The van der Waals surface area contributed by atoms with Gasteiger partial charge in [-0.1, -0.05) is 53.6 Å². The first-order valence-electron chi connectivity index (χ1n) is 12.2. The number of rotatable bonds is 9. The van der Waals surface area contributed by atoms with Crippen molar-refractivity contribution in [1.29, 1.82) is 0 Å². The van der Waals surface area contributed by atoms with Crippen molar-refractivity contribution in [2.75, 3.05) is 20.9 Å². The predicted octanol–water partition coefficient (Wildman–Crippen LogP) is 5.90. The van der Waals surface area contributed by atoms with Crippen LogP contribution in [0.4, 0.5) is 17.1 Å². The minimum absolute atomic E-state index is 0.00560. The van der Waals surface area contributed by atoms with Crippen LogP contribution in [0.15, 0.2) is 101 Å². The molecule has 0 radical (unpaired) electrons. The first-order valence-corrected chi connectivity index (χ1v) is 15.5. The number of sulfonamides is 2. The monoisotopic (exact) mass is 597 g/mol. The van der Waals surface area contributed by atoms with E-state index in [9.17, 15) is 21.6 Å². The van der Waals surface area contributed by atoms with E-state index in [0.717, 1.165) is 21.0 Å². The van der Waals surface area contributed by atoms with Gasteiger partial charge in [0.2, 0.25) is 5.91 Å². The Hall–Kier alpha value is -3.86. The predicted molar refractivity (Wildman–Crippen MR) is 159 cm³/mol. The maximum absolute atomic E-state index is 13.5. The zero-order chi connectivity index (χ0) is 29.1. The Bertz CT molecular complexity index is 1760. The van der Waals surface area contributed by atoms with Gasteiger partial charge in [0, 0.05) is 5.69 Å². The average molecular weight is 598 g/mol. The van der Waals surface area contributed by atoms with Crippen molar-refractivity contribution in [3.05, 3.63) is 113 Å². The lowest BCUT2D eigenvalue weighted by atomic mass is 10.1. The van der Waals surface area contributed by atoms with Crippen LogP contribution in [0.1, 0.15) is 16.7 Å². The van der Waals surface area contributed by atoms with Crippen molar-refractivity contribution >= 4 is 54.6 Å². The molecule has 0 aliphatic carbocycles. The molecule has 4 rings (SSSR count). The quantitative estimate of drug-likeness (QED) is 0.249. The summed E-state index contributed by atoms with van der Waals surface area (Å²) in [5, 5.41) is 2.80. The molecule has 208 valence electrons. The Kier molecular flexibility index (Phi) is 8.53. The van der Waals surface area contributed by atoms with E-state index in [2.05, 4.69) is 10.0 Å². The topological polar surface area (TPSA) is 113 Å². The molecule has 11 heteroatoms. The van der Waals surface area contributed by atoms with Gasteiger partial charge in [-0.25, -0.2) is 16.8 Å². The first kappa shape index (κ1) is 29.1. The molecule has 0 aromatic heterocycles. The Morgan fingerprint density at radius 1 is 0.775 bits per heavy atom. The van der Waals surface area contributed by atoms with E-state index >= 15 is 0 Å². The van der Waals surface area contributed by atoms with Crippen molar-refractivity contribution in [2.24, 2.45) is 0 Å². The van der Waals surface area contributed by atoms with Crippen LogP contribution < -0.4 is 14.3 Å². The number of halogens is 1. The van der Waals surface area contributed by atoms with Crippen LogP contribution >= 0.6 is 11.6 Å². The Morgan fingerprint density at radius 2 is 1.38 bits per heavy atom. The fraction of sp³-hybridized carbons (Fsp3) is 0.138. The van der Waals surface area contributed by atoms with E-state index < -0.39 is 32.5 Å². The molecule has 0 spiro atoms. The molecule has 0 fully saturated rings. The maximum atomic E-state index is 13.5. The Labute approximate surface area is 239 Å². The van der Waals surface area contributed by atoms with Gasteiger partial charge < -0.3 is 5.32 Å². The van der Waals surface area contributed by atoms with E-state index in [-0.39, 0.29) is 20.5 Å². The number of nitrogens with zero attached hydrogens (tertiary/aromatic N) is 1. The molecule has 0 saturated heterocycles. The number of carbonyl (C=O) groups is 1. The molecule has 0 saturated carbocycles.